The lowest BCUT2D eigenvalue weighted by atomic mass is 9.86. The van der Waals surface area contributed by atoms with Crippen molar-refractivity contribution in [3.63, 3.8) is 0 Å². The molecule has 5 aliphatic heterocycles. The van der Waals surface area contributed by atoms with Crippen LogP contribution >= 0.6 is 0 Å². The van der Waals surface area contributed by atoms with Crippen LogP contribution in [0.1, 0.15) is 58.8 Å². The molecule has 1 unspecified atom stereocenters. The van der Waals surface area contributed by atoms with Crippen LogP contribution in [0.4, 0.5) is 4.79 Å². The molecule has 47 heavy (non-hydrogen) atoms. The predicted molar refractivity (Wildman–Crippen MR) is 177 cm³/mol. The molecular formula is C38H45N3O6. The van der Waals surface area contributed by atoms with E-state index in [1.807, 2.05) is 83.8 Å². The van der Waals surface area contributed by atoms with E-state index in [-0.39, 0.29) is 30.4 Å². The highest BCUT2D eigenvalue weighted by molar-refractivity contribution is 5.94. The number of benzene rings is 3. The minimum atomic E-state index is -0.380. The summed E-state index contributed by atoms with van der Waals surface area (Å²) in [7, 11) is 0. The van der Waals surface area contributed by atoms with Gasteiger partial charge >= 0.3 is 6.09 Å². The van der Waals surface area contributed by atoms with Crippen LogP contribution in [-0.4, -0.2) is 86.7 Å². The Morgan fingerprint density at radius 1 is 0.830 bits per heavy atom. The number of carbonyl (C=O) groups is 2. The van der Waals surface area contributed by atoms with Gasteiger partial charge < -0.3 is 29.2 Å². The molecular weight excluding hydrogens is 594 g/mol. The van der Waals surface area contributed by atoms with Crippen LogP contribution in [0, 0.1) is 11.8 Å². The maximum Gasteiger partial charge on any atom is 0.408 e. The number of nitrogens with one attached hydrogen (secondary N) is 1. The van der Waals surface area contributed by atoms with E-state index < -0.39 is 0 Å². The molecule has 2 atom stereocenters. The highest BCUT2D eigenvalue weighted by Crippen LogP contribution is 2.31. The van der Waals surface area contributed by atoms with Crippen molar-refractivity contribution in [3.8, 4) is 5.75 Å². The smallest absolute Gasteiger partial charge is 0.408 e. The molecule has 0 aromatic heterocycles. The summed E-state index contributed by atoms with van der Waals surface area (Å²) in [6.07, 6.45) is 4.03. The maximum absolute atomic E-state index is 13.2. The summed E-state index contributed by atoms with van der Waals surface area (Å²) in [6.45, 7) is 6.30. The second-order valence-corrected chi connectivity index (χ2v) is 13.3. The lowest BCUT2D eigenvalue weighted by molar-refractivity contribution is -0.0400. The number of ether oxygens (including phenoxy) is 4. The monoisotopic (exact) mass is 639 g/mol. The first-order valence-electron chi connectivity index (χ1n) is 17.2. The summed E-state index contributed by atoms with van der Waals surface area (Å²) in [5.41, 5.74) is 3.74. The highest BCUT2D eigenvalue weighted by Gasteiger charge is 2.37. The molecule has 248 valence electrons. The van der Waals surface area contributed by atoms with Crippen LogP contribution < -0.4 is 10.1 Å². The fraction of sp³-hybridized carbons (Fsp3) is 0.474. The normalized spacial score (nSPS) is 23.7. The summed E-state index contributed by atoms with van der Waals surface area (Å²) < 4.78 is 23.4. The Morgan fingerprint density at radius 3 is 2.26 bits per heavy atom. The minimum Gasteiger partial charge on any atom is -0.493 e. The number of piperidine rings is 4. The lowest BCUT2D eigenvalue weighted by Crippen LogP contribution is -2.52. The van der Waals surface area contributed by atoms with Crippen LogP contribution in [0.15, 0.2) is 78.9 Å². The second kappa shape index (κ2) is 14.9. The first-order chi connectivity index (χ1) is 23.1. The maximum atomic E-state index is 13.2. The SMILES string of the molecule is O=C(N[C@@H](c1ccccc1)c1cccc(OCC2CCN(C(=O)c3ccc(CC4OCCO4)cc3)CC2)c1)OC1CN2CCC1CC2. The number of hydrogen-bond donors (Lipinski definition) is 1. The zero-order valence-corrected chi connectivity index (χ0v) is 26.9. The van der Waals surface area contributed by atoms with Gasteiger partial charge in [-0.25, -0.2) is 4.79 Å². The van der Waals surface area contributed by atoms with E-state index in [9.17, 15) is 9.59 Å². The Morgan fingerprint density at radius 2 is 1.55 bits per heavy atom. The molecule has 0 radical (unpaired) electrons. The molecule has 9 nitrogen and oxygen atoms in total. The summed E-state index contributed by atoms with van der Waals surface area (Å²) in [5, 5.41) is 3.15. The van der Waals surface area contributed by atoms with Crippen LogP contribution in [0.5, 0.6) is 5.75 Å². The van der Waals surface area contributed by atoms with Crippen molar-refractivity contribution >= 4 is 12.0 Å². The van der Waals surface area contributed by atoms with Gasteiger partial charge in [-0.15, -0.1) is 0 Å². The van der Waals surface area contributed by atoms with Gasteiger partial charge in [-0.05, 0) is 91.6 Å². The zero-order valence-electron chi connectivity index (χ0n) is 26.9. The van der Waals surface area contributed by atoms with E-state index in [1.54, 1.807) is 0 Å². The number of amides is 2. The van der Waals surface area contributed by atoms with E-state index in [4.69, 9.17) is 18.9 Å². The Hall–Kier alpha value is -3.92. The Kier molecular flexibility index (Phi) is 10.0. The first-order valence-corrected chi connectivity index (χ1v) is 17.2. The fourth-order valence-electron chi connectivity index (χ4n) is 7.32. The van der Waals surface area contributed by atoms with Crippen LogP contribution in [-0.2, 0) is 20.6 Å². The van der Waals surface area contributed by atoms with Gasteiger partial charge in [0.05, 0.1) is 25.9 Å². The molecule has 0 spiro atoms. The summed E-state index contributed by atoms with van der Waals surface area (Å²) in [6, 6.07) is 25.4. The van der Waals surface area contributed by atoms with Gasteiger partial charge in [0.2, 0.25) is 0 Å². The molecule has 1 N–H and O–H groups in total. The van der Waals surface area contributed by atoms with Crippen molar-refractivity contribution in [2.45, 2.75) is 50.5 Å². The Balaban J connectivity index is 0.918. The second-order valence-electron chi connectivity index (χ2n) is 13.3. The third-order valence-electron chi connectivity index (χ3n) is 10.1. The summed E-state index contributed by atoms with van der Waals surface area (Å²) in [5.74, 6) is 1.65. The predicted octanol–water partition coefficient (Wildman–Crippen LogP) is 5.44. The van der Waals surface area contributed by atoms with Crippen molar-refractivity contribution in [3.05, 3.63) is 101 Å². The number of carbonyl (C=O) groups excluding carboxylic acids is 2. The van der Waals surface area contributed by atoms with Crippen molar-refractivity contribution < 1.29 is 28.5 Å². The van der Waals surface area contributed by atoms with Crippen LogP contribution in [0.3, 0.4) is 0 Å². The van der Waals surface area contributed by atoms with E-state index in [1.165, 1.54) is 0 Å². The number of hydrogen-bond acceptors (Lipinski definition) is 7. The number of fused-ring (bicyclic) bond motifs is 3. The van der Waals surface area contributed by atoms with Gasteiger partial charge in [-0.2, -0.15) is 0 Å². The summed E-state index contributed by atoms with van der Waals surface area (Å²) >= 11 is 0. The van der Waals surface area contributed by atoms with Gasteiger partial charge in [0.25, 0.3) is 5.91 Å². The quantitative estimate of drug-likeness (QED) is 0.316. The van der Waals surface area contributed by atoms with Gasteiger partial charge in [-0.3, -0.25) is 9.69 Å². The van der Waals surface area contributed by atoms with Crippen LogP contribution in [0.2, 0.25) is 0 Å². The zero-order chi connectivity index (χ0) is 32.0. The van der Waals surface area contributed by atoms with Gasteiger partial charge in [-0.1, -0.05) is 54.6 Å². The molecule has 8 rings (SSSR count). The first kappa shape index (κ1) is 31.7. The Bertz CT molecular complexity index is 1480. The average Bonchev–Trinajstić information content (AvgIpc) is 3.64. The molecule has 3 aromatic rings. The molecule has 5 aliphatic rings. The molecule has 5 fully saturated rings. The number of nitrogens with zero attached hydrogens (tertiary/aromatic N) is 2. The van der Waals surface area contributed by atoms with E-state index in [0.29, 0.717) is 56.7 Å². The topological polar surface area (TPSA) is 89.6 Å². The molecule has 2 amide bonds. The van der Waals surface area contributed by atoms with Crippen LogP contribution in [0.25, 0.3) is 0 Å². The molecule has 2 bridgehead atoms. The molecule has 9 heteroatoms. The largest absolute Gasteiger partial charge is 0.493 e. The van der Waals surface area contributed by atoms with Crippen molar-refractivity contribution in [1.82, 2.24) is 15.1 Å². The minimum absolute atomic E-state index is 0.0526. The average molecular weight is 640 g/mol. The van der Waals surface area contributed by atoms with Gasteiger partial charge in [0, 0.05) is 31.6 Å². The van der Waals surface area contributed by atoms with E-state index >= 15 is 0 Å². The fourth-order valence-corrected chi connectivity index (χ4v) is 7.32. The summed E-state index contributed by atoms with van der Waals surface area (Å²) in [4.78, 5) is 30.7. The number of alkyl carbamates (subject to hydrolysis) is 1. The van der Waals surface area contributed by atoms with Gasteiger partial charge in [0.15, 0.2) is 6.29 Å². The molecule has 0 aliphatic carbocycles. The van der Waals surface area contributed by atoms with Gasteiger partial charge in [0.1, 0.15) is 11.9 Å². The van der Waals surface area contributed by atoms with Crippen molar-refractivity contribution in [1.29, 1.82) is 0 Å². The number of likely N-dealkylation sites (tertiary alicyclic amines) is 1. The third-order valence-corrected chi connectivity index (χ3v) is 10.1. The van der Waals surface area contributed by atoms with Crippen molar-refractivity contribution in [2.75, 3.05) is 52.5 Å². The van der Waals surface area contributed by atoms with E-state index in [2.05, 4.69) is 10.2 Å². The number of rotatable bonds is 10. The van der Waals surface area contributed by atoms with E-state index in [0.717, 1.165) is 67.8 Å². The molecule has 3 aromatic carbocycles. The third kappa shape index (κ3) is 7.97. The molecule has 5 heterocycles. The van der Waals surface area contributed by atoms with Crippen molar-refractivity contribution in [2.24, 2.45) is 11.8 Å². The lowest BCUT2D eigenvalue weighted by Gasteiger charge is -2.43. The standard InChI is InChI=1S/C38H45N3O6/c42-37(31-11-9-27(10-12-31)23-35-44-21-22-45-35)41-19-13-28(14-20-41)26-46-33-8-4-7-32(24-33)36(30-5-2-1-3-6-30)39-38(43)47-34-25-40-17-15-29(34)16-18-40/h1-12,24,28-29,34-36H,13-23,25-26H2,(H,39,43)/t34?,36-/m0/s1. The molecule has 5 saturated heterocycles. The molecule has 0 saturated carbocycles. The Labute approximate surface area is 277 Å². The highest BCUT2D eigenvalue weighted by atomic mass is 16.7.